The number of aryl methyl sites for hydroxylation is 1. The van der Waals surface area contributed by atoms with Gasteiger partial charge in [0.25, 0.3) is 0 Å². The summed E-state index contributed by atoms with van der Waals surface area (Å²) in [5, 5.41) is 4.85. The normalized spacial score (nSPS) is 10.8. The van der Waals surface area contributed by atoms with Crippen molar-refractivity contribution >= 4 is 49.7 Å². The van der Waals surface area contributed by atoms with E-state index in [4.69, 9.17) is 17.3 Å². The Morgan fingerprint density at radius 2 is 2.05 bits per heavy atom. The third-order valence-electron chi connectivity index (χ3n) is 2.85. The molecule has 1 heterocycles. The quantitative estimate of drug-likeness (QED) is 0.679. The molecule has 3 rings (SSSR count). The number of nitrogens with two attached hydrogens (primary N) is 1. The second-order valence-electron chi connectivity index (χ2n) is 4.33. The molecule has 0 unspecified atom stereocenters. The second-order valence-corrected chi connectivity index (χ2v) is 5.80. The Hall–Kier alpha value is -1.78. The maximum absolute atomic E-state index is 6.01. The Balaban J connectivity index is 1.98. The van der Waals surface area contributed by atoms with Gasteiger partial charge in [0, 0.05) is 16.4 Å². The monoisotopic (exact) mass is 289 g/mol. The Bertz CT molecular complexity index is 752. The smallest absolute Gasteiger partial charge is 0.188 e. The summed E-state index contributed by atoms with van der Waals surface area (Å²) in [6.45, 7) is 2.03. The van der Waals surface area contributed by atoms with Crippen LogP contribution >= 0.6 is 22.9 Å². The van der Waals surface area contributed by atoms with Crippen molar-refractivity contribution in [3.8, 4) is 0 Å². The lowest BCUT2D eigenvalue weighted by Gasteiger charge is -2.06. The van der Waals surface area contributed by atoms with E-state index < -0.39 is 0 Å². The van der Waals surface area contributed by atoms with Crippen LogP contribution < -0.4 is 11.1 Å². The van der Waals surface area contributed by atoms with Crippen LogP contribution in [-0.2, 0) is 0 Å². The molecule has 19 heavy (non-hydrogen) atoms. The van der Waals surface area contributed by atoms with Crippen LogP contribution in [0.2, 0.25) is 5.02 Å². The molecule has 0 radical (unpaired) electrons. The minimum absolute atomic E-state index is 0.707. The molecule has 0 amide bonds. The van der Waals surface area contributed by atoms with Gasteiger partial charge in [0.1, 0.15) is 0 Å². The molecule has 2 aromatic carbocycles. The number of nitrogens with one attached hydrogen (secondary N) is 1. The summed E-state index contributed by atoms with van der Waals surface area (Å²) in [5.41, 5.74) is 9.57. The Morgan fingerprint density at radius 1 is 1.21 bits per heavy atom. The molecule has 0 saturated carbocycles. The van der Waals surface area contributed by atoms with Crippen LogP contribution in [-0.4, -0.2) is 4.98 Å². The minimum atomic E-state index is 0.707. The minimum Gasteiger partial charge on any atom is -0.399 e. The van der Waals surface area contributed by atoms with Crippen LogP contribution in [0.25, 0.3) is 10.2 Å². The summed E-state index contributed by atoms with van der Waals surface area (Å²) in [6, 6.07) is 11.5. The van der Waals surface area contributed by atoms with Gasteiger partial charge in [-0.15, -0.1) is 0 Å². The van der Waals surface area contributed by atoms with E-state index in [2.05, 4.69) is 10.3 Å². The van der Waals surface area contributed by atoms with Gasteiger partial charge in [-0.2, -0.15) is 0 Å². The molecule has 0 fully saturated rings. The van der Waals surface area contributed by atoms with Crippen molar-refractivity contribution < 1.29 is 0 Å². The number of thiazole rings is 1. The highest BCUT2D eigenvalue weighted by Crippen LogP contribution is 2.31. The van der Waals surface area contributed by atoms with Gasteiger partial charge in [-0.3, -0.25) is 0 Å². The van der Waals surface area contributed by atoms with Crippen molar-refractivity contribution in [1.29, 1.82) is 0 Å². The van der Waals surface area contributed by atoms with Gasteiger partial charge >= 0.3 is 0 Å². The van der Waals surface area contributed by atoms with E-state index in [0.29, 0.717) is 5.02 Å². The van der Waals surface area contributed by atoms with Crippen molar-refractivity contribution in [3.63, 3.8) is 0 Å². The number of benzene rings is 2. The fourth-order valence-corrected chi connectivity index (χ4v) is 2.94. The number of rotatable bonds is 2. The van der Waals surface area contributed by atoms with Crippen molar-refractivity contribution in [2.24, 2.45) is 0 Å². The number of halogens is 1. The van der Waals surface area contributed by atoms with E-state index in [9.17, 15) is 0 Å². The number of aromatic nitrogens is 1. The molecular formula is C14H12ClN3S. The molecular weight excluding hydrogens is 278 g/mol. The number of fused-ring (bicyclic) bond motifs is 1. The average molecular weight is 290 g/mol. The third kappa shape index (κ3) is 2.50. The lowest BCUT2D eigenvalue weighted by molar-refractivity contribution is 1.40. The van der Waals surface area contributed by atoms with Gasteiger partial charge in [-0.25, -0.2) is 4.98 Å². The number of nitrogen functional groups attached to an aromatic ring is 1. The van der Waals surface area contributed by atoms with E-state index in [1.54, 1.807) is 11.3 Å². The van der Waals surface area contributed by atoms with Gasteiger partial charge in [-0.1, -0.05) is 29.0 Å². The fraction of sp³-hybridized carbons (Fsp3) is 0.0714. The first kappa shape index (κ1) is 12.3. The van der Waals surface area contributed by atoms with E-state index in [1.165, 1.54) is 0 Å². The number of hydrogen-bond acceptors (Lipinski definition) is 4. The highest BCUT2D eigenvalue weighted by atomic mass is 35.5. The summed E-state index contributed by atoms with van der Waals surface area (Å²) in [4.78, 5) is 4.53. The molecule has 3 N–H and O–H groups in total. The molecule has 0 atom stereocenters. The number of hydrogen-bond donors (Lipinski definition) is 2. The van der Waals surface area contributed by atoms with E-state index in [-0.39, 0.29) is 0 Å². The molecule has 3 nitrogen and oxygen atoms in total. The molecule has 1 aromatic heterocycles. The molecule has 0 spiro atoms. The third-order valence-corrected chi connectivity index (χ3v) is 4.02. The highest BCUT2D eigenvalue weighted by Gasteiger charge is 2.06. The molecule has 0 bridgehead atoms. The van der Waals surface area contributed by atoms with Crippen LogP contribution in [0.5, 0.6) is 0 Å². The van der Waals surface area contributed by atoms with Gasteiger partial charge < -0.3 is 11.1 Å². The summed E-state index contributed by atoms with van der Waals surface area (Å²) in [5.74, 6) is 0. The van der Waals surface area contributed by atoms with Gasteiger partial charge in [-0.05, 0) is 42.8 Å². The largest absolute Gasteiger partial charge is 0.399 e. The lowest BCUT2D eigenvalue weighted by atomic mass is 10.2. The predicted molar refractivity (Wildman–Crippen MR) is 83.5 cm³/mol. The zero-order chi connectivity index (χ0) is 13.4. The van der Waals surface area contributed by atoms with Crippen molar-refractivity contribution in [2.45, 2.75) is 6.92 Å². The highest BCUT2D eigenvalue weighted by molar-refractivity contribution is 7.22. The van der Waals surface area contributed by atoms with E-state index >= 15 is 0 Å². The van der Waals surface area contributed by atoms with Crippen LogP contribution in [0.4, 0.5) is 16.5 Å². The van der Waals surface area contributed by atoms with Crippen LogP contribution in [0.15, 0.2) is 36.4 Å². The molecule has 96 valence electrons. The second kappa shape index (κ2) is 4.72. The first-order valence-corrected chi connectivity index (χ1v) is 7.00. The zero-order valence-corrected chi connectivity index (χ0v) is 11.8. The standard InChI is InChI=1S/C14H12ClN3S/c1-8-2-3-9(15)6-12(8)18-14-17-11-5-4-10(16)7-13(11)19-14/h2-7H,16H2,1H3,(H,17,18). The first-order chi connectivity index (χ1) is 9.11. The number of nitrogens with zero attached hydrogens (tertiary/aromatic N) is 1. The summed E-state index contributed by atoms with van der Waals surface area (Å²) in [6.07, 6.45) is 0. The average Bonchev–Trinajstić information content (AvgIpc) is 2.75. The van der Waals surface area contributed by atoms with Crippen molar-refractivity contribution in [1.82, 2.24) is 4.98 Å². The van der Waals surface area contributed by atoms with Crippen LogP contribution in [0, 0.1) is 6.92 Å². The maximum Gasteiger partial charge on any atom is 0.188 e. The summed E-state index contributed by atoms with van der Waals surface area (Å²) < 4.78 is 1.07. The van der Waals surface area contributed by atoms with Crippen LogP contribution in [0.3, 0.4) is 0 Å². The summed E-state index contributed by atoms with van der Waals surface area (Å²) in [7, 11) is 0. The lowest BCUT2D eigenvalue weighted by Crippen LogP contribution is -1.91. The van der Waals surface area contributed by atoms with E-state index in [1.807, 2.05) is 43.3 Å². The Morgan fingerprint density at radius 3 is 2.89 bits per heavy atom. The molecule has 3 aromatic rings. The van der Waals surface area contributed by atoms with Gasteiger partial charge in [0.15, 0.2) is 5.13 Å². The Kier molecular flexibility index (Phi) is 3.05. The van der Waals surface area contributed by atoms with Crippen molar-refractivity contribution in [3.05, 3.63) is 47.0 Å². The maximum atomic E-state index is 6.01. The molecule has 0 aliphatic carbocycles. The van der Waals surface area contributed by atoms with Crippen LogP contribution in [0.1, 0.15) is 5.56 Å². The zero-order valence-electron chi connectivity index (χ0n) is 10.3. The molecule has 0 saturated heterocycles. The first-order valence-electron chi connectivity index (χ1n) is 5.81. The van der Waals surface area contributed by atoms with Gasteiger partial charge in [0.05, 0.1) is 10.2 Å². The summed E-state index contributed by atoms with van der Waals surface area (Å²) >= 11 is 7.58. The molecule has 0 aliphatic rings. The topological polar surface area (TPSA) is 50.9 Å². The van der Waals surface area contributed by atoms with Crippen molar-refractivity contribution in [2.75, 3.05) is 11.1 Å². The molecule has 5 heteroatoms. The Labute approximate surface area is 120 Å². The van der Waals surface area contributed by atoms with E-state index in [0.717, 1.165) is 32.3 Å². The number of anilines is 3. The fourth-order valence-electron chi connectivity index (χ4n) is 1.84. The molecule has 0 aliphatic heterocycles. The predicted octanol–water partition coefficient (Wildman–Crippen LogP) is 4.58. The van der Waals surface area contributed by atoms with Gasteiger partial charge in [0.2, 0.25) is 0 Å². The SMILES string of the molecule is Cc1ccc(Cl)cc1Nc1nc2ccc(N)cc2s1.